The van der Waals surface area contributed by atoms with Crippen molar-refractivity contribution in [3.05, 3.63) is 102 Å². The molecule has 4 rings (SSSR count). The number of aromatic amines is 1. The molecule has 0 aliphatic carbocycles. The maximum absolute atomic E-state index is 3.34. The summed E-state index contributed by atoms with van der Waals surface area (Å²) >= 11 is 0. The maximum atomic E-state index is 3.34. The molecule has 0 bridgehead atoms. The predicted molar refractivity (Wildman–Crippen MR) is 153 cm³/mol. The van der Waals surface area contributed by atoms with Gasteiger partial charge in [0.25, 0.3) is 12.0 Å². The van der Waals surface area contributed by atoms with E-state index in [4.69, 9.17) is 0 Å². The van der Waals surface area contributed by atoms with Crippen LogP contribution in [0.1, 0.15) is 120 Å². The van der Waals surface area contributed by atoms with Crippen molar-refractivity contribution in [3.63, 3.8) is 0 Å². The van der Waals surface area contributed by atoms with Gasteiger partial charge < -0.3 is 0 Å². The molecule has 0 saturated heterocycles. The fraction of sp³-hybridized carbons (Fsp3) is 0.455. The number of H-pyrrole nitrogens is 1. The fourth-order valence-electron chi connectivity index (χ4n) is 5.98. The van der Waals surface area contributed by atoms with Crippen LogP contribution >= 0.6 is 0 Å². The van der Waals surface area contributed by atoms with E-state index in [0.29, 0.717) is 23.7 Å². The first-order chi connectivity index (χ1) is 17.6. The fourth-order valence-corrected chi connectivity index (χ4v) is 5.98. The van der Waals surface area contributed by atoms with E-state index in [2.05, 4.69) is 149 Å². The smallest absolute Gasteiger partial charge is 0.250 e. The zero-order valence-electron chi connectivity index (χ0n) is 24.3. The number of aromatic nitrogens is 4. The molecule has 37 heavy (non-hydrogen) atoms. The Kier molecular flexibility index (Phi) is 7.77. The Labute approximate surface area is 224 Å². The van der Waals surface area contributed by atoms with Crippen molar-refractivity contribution in [2.45, 2.75) is 98.1 Å². The molecule has 4 heteroatoms. The van der Waals surface area contributed by atoms with Crippen molar-refractivity contribution in [2.24, 2.45) is 0 Å². The van der Waals surface area contributed by atoms with Crippen LogP contribution in [0.2, 0.25) is 0 Å². The summed E-state index contributed by atoms with van der Waals surface area (Å²) < 4.78 is 7.16. The normalized spacial score (nSPS) is 13.8. The van der Waals surface area contributed by atoms with E-state index < -0.39 is 5.66 Å². The summed E-state index contributed by atoms with van der Waals surface area (Å²) in [6.45, 7) is 20.7. The van der Waals surface area contributed by atoms with E-state index in [1.807, 2.05) is 6.20 Å². The molecule has 2 heterocycles. The van der Waals surface area contributed by atoms with Gasteiger partial charge in [0.05, 0.1) is 5.56 Å². The van der Waals surface area contributed by atoms with Crippen molar-refractivity contribution < 1.29 is 9.13 Å². The summed E-state index contributed by atoms with van der Waals surface area (Å²) in [6, 6.07) is 13.7. The highest BCUT2D eigenvalue weighted by atomic mass is 15.3. The van der Waals surface area contributed by atoms with E-state index in [1.54, 1.807) is 0 Å². The van der Waals surface area contributed by atoms with Gasteiger partial charge in [0.1, 0.15) is 30.5 Å². The number of rotatable bonds is 9. The largest absolute Gasteiger partial charge is 0.278 e. The molecule has 0 fully saturated rings. The number of para-hydroxylation sites is 1. The van der Waals surface area contributed by atoms with Crippen LogP contribution in [0.4, 0.5) is 0 Å². The quantitative estimate of drug-likeness (QED) is 0.231. The van der Waals surface area contributed by atoms with Gasteiger partial charge in [-0.1, -0.05) is 98.7 Å². The number of hydrogen-bond acceptors (Lipinski definition) is 0. The Morgan fingerprint density at radius 2 is 1.24 bits per heavy atom. The molecule has 2 aromatic carbocycles. The van der Waals surface area contributed by atoms with E-state index >= 15 is 0 Å². The van der Waals surface area contributed by atoms with Crippen LogP contribution < -0.4 is 9.13 Å². The molecule has 0 aliphatic rings. The lowest BCUT2D eigenvalue weighted by molar-refractivity contribution is -0.983. The lowest BCUT2D eigenvalue weighted by atomic mass is 9.80. The summed E-state index contributed by atoms with van der Waals surface area (Å²) in [5, 5.41) is 0. The lowest BCUT2D eigenvalue weighted by Gasteiger charge is -2.32. The van der Waals surface area contributed by atoms with E-state index in [0.717, 1.165) is 6.42 Å². The Morgan fingerprint density at radius 1 is 0.730 bits per heavy atom. The van der Waals surface area contributed by atoms with Gasteiger partial charge in [-0.25, -0.2) is 4.57 Å². The standard InChI is InChI=1S/C33H45N4/c1-10-33(36-18-17-34-21-36,31-27(23(2)3)13-11-14-28(31)24(4)5)37-20-19-35(22-37)32-29(25(6)7)15-12-16-30(32)26(8)9/h11-26H,10H2,1-9H3/q+1/p+1. The average Bonchev–Trinajstić information content (AvgIpc) is 3.58. The molecule has 0 radical (unpaired) electrons. The SMILES string of the molecule is CCC(c1c(C(C)C)cccc1C(C)C)([n+]1cc[nH]c1)[n+]1ccn(-c2c(C(C)C)cccc2C(C)C)c1. The molecule has 1 N–H and O–H groups in total. The zero-order chi connectivity index (χ0) is 26.9. The van der Waals surface area contributed by atoms with Gasteiger partial charge in [-0.2, -0.15) is 9.13 Å². The van der Waals surface area contributed by atoms with E-state index in [9.17, 15) is 0 Å². The molecular formula is C33H46N4+2. The van der Waals surface area contributed by atoms with Gasteiger partial charge in [-0.15, -0.1) is 0 Å². The first-order valence-electron chi connectivity index (χ1n) is 14.0. The first kappa shape index (κ1) is 26.9. The van der Waals surface area contributed by atoms with Gasteiger partial charge in [0.2, 0.25) is 6.33 Å². The van der Waals surface area contributed by atoms with Gasteiger partial charge >= 0.3 is 0 Å². The minimum absolute atomic E-state index is 0.406. The molecule has 0 spiro atoms. The minimum Gasteiger partial charge on any atom is -0.250 e. The molecular weight excluding hydrogens is 452 g/mol. The van der Waals surface area contributed by atoms with Gasteiger partial charge in [0, 0.05) is 17.5 Å². The van der Waals surface area contributed by atoms with Crippen LogP contribution in [0.3, 0.4) is 0 Å². The second kappa shape index (κ2) is 10.7. The molecule has 0 amide bonds. The third kappa shape index (κ3) is 4.67. The van der Waals surface area contributed by atoms with Crippen molar-refractivity contribution >= 4 is 0 Å². The van der Waals surface area contributed by atoms with E-state index in [-0.39, 0.29) is 0 Å². The predicted octanol–water partition coefficient (Wildman–Crippen LogP) is 7.53. The van der Waals surface area contributed by atoms with Crippen molar-refractivity contribution in [1.29, 1.82) is 0 Å². The molecule has 0 saturated carbocycles. The second-order valence-electron chi connectivity index (χ2n) is 11.6. The third-order valence-corrected chi connectivity index (χ3v) is 7.90. The van der Waals surface area contributed by atoms with Crippen LogP contribution in [0, 0.1) is 0 Å². The van der Waals surface area contributed by atoms with Gasteiger partial charge in [0.15, 0.2) is 0 Å². The van der Waals surface area contributed by atoms with Crippen molar-refractivity contribution in [3.8, 4) is 5.69 Å². The van der Waals surface area contributed by atoms with Crippen LogP contribution in [0.5, 0.6) is 0 Å². The second-order valence-corrected chi connectivity index (χ2v) is 11.6. The zero-order valence-corrected chi connectivity index (χ0v) is 24.3. The summed E-state index contributed by atoms with van der Waals surface area (Å²) in [6.07, 6.45) is 14.1. The third-order valence-electron chi connectivity index (χ3n) is 7.90. The molecule has 4 nitrogen and oxygen atoms in total. The van der Waals surface area contributed by atoms with Crippen LogP contribution in [0.25, 0.3) is 5.69 Å². The highest BCUT2D eigenvalue weighted by Crippen LogP contribution is 2.37. The number of nitrogens with one attached hydrogen (secondary N) is 1. The highest BCUT2D eigenvalue weighted by Gasteiger charge is 2.47. The molecule has 2 aromatic heterocycles. The molecule has 1 atom stereocenters. The summed E-state index contributed by atoms with van der Waals surface area (Å²) in [7, 11) is 0. The van der Waals surface area contributed by atoms with E-state index in [1.165, 1.54) is 33.5 Å². The summed E-state index contributed by atoms with van der Waals surface area (Å²) in [5.74, 6) is 1.70. The summed E-state index contributed by atoms with van der Waals surface area (Å²) in [5.41, 5.74) is 7.91. The number of hydrogen-bond donors (Lipinski definition) is 1. The monoisotopic (exact) mass is 498 g/mol. The lowest BCUT2D eigenvalue weighted by Crippen LogP contribution is -2.73. The van der Waals surface area contributed by atoms with Crippen LogP contribution in [-0.2, 0) is 5.66 Å². The number of nitrogens with zero attached hydrogens (tertiary/aromatic N) is 3. The first-order valence-corrected chi connectivity index (χ1v) is 14.0. The van der Waals surface area contributed by atoms with Gasteiger partial charge in [-0.3, -0.25) is 4.98 Å². The Bertz CT molecular complexity index is 1270. The Morgan fingerprint density at radius 3 is 1.68 bits per heavy atom. The van der Waals surface area contributed by atoms with Crippen molar-refractivity contribution in [1.82, 2.24) is 9.55 Å². The average molecular weight is 499 g/mol. The number of benzene rings is 2. The minimum atomic E-state index is -0.406. The van der Waals surface area contributed by atoms with Crippen LogP contribution in [-0.4, -0.2) is 9.55 Å². The molecule has 0 aliphatic heterocycles. The molecule has 196 valence electrons. The molecule has 4 aromatic rings. The van der Waals surface area contributed by atoms with Gasteiger partial charge in [-0.05, 0) is 34.8 Å². The maximum Gasteiger partial charge on any atom is 0.278 e. The molecule has 1 unspecified atom stereocenters. The van der Waals surface area contributed by atoms with Crippen molar-refractivity contribution in [2.75, 3.05) is 0 Å². The summed E-state index contributed by atoms with van der Waals surface area (Å²) in [4.78, 5) is 3.34. The number of imidazole rings is 2. The topological polar surface area (TPSA) is 28.5 Å². The van der Waals surface area contributed by atoms with Crippen LogP contribution in [0.15, 0.2) is 73.8 Å². The Balaban J connectivity index is 2.06. The Hall–Kier alpha value is -3.14. The highest BCUT2D eigenvalue weighted by molar-refractivity contribution is 5.51.